The van der Waals surface area contributed by atoms with Crippen LogP contribution in [-0.4, -0.2) is 23.6 Å². The minimum Gasteiger partial charge on any atom is -0.331 e. The van der Waals surface area contributed by atoms with Crippen molar-refractivity contribution in [2.45, 2.75) is 0 Å². The van der Waals surface area contributed by atoms with E-state index in [0.717, 1.165) is 11.1 Å². The van der Waals surface area contributed by atoms with Crippen molar-refractivity contribution >= 4 is 5.95 Å². The van der Waals surface area contributed by atoms with E-state index < -0.39 is 0 Å². The lowest BCUT2D eigenvalue weighted by atomic mass is 10.1. The molecule has 0 spiro atoms. The Morgan fingerprint density at radius 1 is 1.28 bits per heavy atom. The summed E-state index contributed by atoms with van der Waals surface area (Å²) in [5, 5.41) is 8.57. The van der Waals surface area contributed by atoms with Gasteiger partial charge < -0.3 is 4.90 Å². The van der Waals surface area contributed by atoms with Crippen molar-refractivity contribution in [1.82, 2.24) is 9.97 Å². The van der Waals surface area contributed by atoms with Crippen LogP contribution >= 0.6 is 0 Å². The Morgan fingerprint density at radius 3 is 2.61 bits per heavy atom. The minimum absolute atomic E-state index is 0.222. The van der Waals surface area contributed by atoms with Gasteiger partial charge in [0.25, 0.3) is 0 Å². The molecule has 0 N–H and O–H groups in total. The van der Waals surface area contributed by atoms with E-state index in [0.29, 0.717) is 5.95 Å². The van der Waals surface area contributed by atoms with E-state index in [9.17, 15) is 4.39 Å². The molecule has 1 heterocycles. The van der Waals surface area contributed by atoms with Crippen molar-refractivity contribution in [3.63, 3.8) is 0 Å². The lowest BCUT2D eigenvalue weighted by molar-refractivity contribution is 0.628. The number of nitriles is 1. The molecule has 0 aliphatic rings. The number of halogens is 1. The van der Waals surface area contributed by atoms with Crippen LogP contribution in [0.4, 0.5) is 10.3 Å². The highest BCUT2D eigenvalue weighted by molar-refractivity contribution is 5.61. The Kier molecular flexibility index (Phi) is 3.49. The first kappa shape index (κ1) is 12.0. The molecular formula is C13H11FN4. The summed E-state index contributed by atoms with van der Waals surface area (Å²) in [4.78, 5) is 9.92. The third kappa shape index (κ3) is 2.61. The molecule has 0 fully saturated rings. The standard InChI is InChI=1S/C13H11FN4/c1-18(6-5-15)13-16-8-11(9-17-13)10-3-2-4-12(14)7-10/h2-4,7-9H,6H2,1H3. The highest BCUT2D eigenvalue weighted by atomic mass is 19.1. The Labute approximate surface area is 104 Å². The van der Waals surface area contributed by atoms with Gasteiger partial charge in [0.05, 0.1) is 6.07 Å². The molecule has 0 radical (unpaired) electrons. The Hall–Kier alpha value is -2.48. The van der Waals surface area contributed by atoms with Crippen molar-refractivity contribution in [1.29, 1.82) is 5.26 Å². The maximum absolute atomic E-state index is 13.1. The van der Waals surface area contributed by atoms with E-state index in [1.165, 1.54) is 12.1 Å². The van der Waals surface area contributed by atoms with Crippen LogP contribution in [0, 0.1) is 17.1 Å². The predicted molar refractivity (Wildman–Crippen MR) is 66.3 cm³/mol. The molecule has 0 unspecified atom stereocenters. The van der Waals surface area contributed by atoms with Crippen LogP contribution in [0.5, 0.6) is 0 Å². The topological polar surface area (TPSA) is 52.8 Å². The Bertz CT molecular complexity index is 574. The van der Waals surface area contributed by atoms with Crippen LogP contribution in [0.3, 0.4) is 0 Å². The number of benzene rings is 1. The molecule has 2 aromatic rings. The van der Waals surface area contributed by atoms with Crippen LogP contribution < -0.4 is 4.90 Å². The molecule has 0 aliphatic carbocycles. The zero-order valence-corrected chi connectivity index (χ0v) is 9.84. The van der Waals surface area contributed by atoms with E-state index in [2.05, 4.69) is 9.97 Å². The molecule has 1 aromatic heterocycles. The summed E-state index contributed by atoms with van der Waals surface area (Å²) in [5.41, 5.74) is 1.47. The average molecular weight is 242 g/mol. The third-order valence-electron chi connectivity index (χ3n) is 2.45. The number of aromatic nitrogens is 2. The van der Waals surface area contributed by atoms with Gasteiger partial charge in [-0.05, 0) is 17.7 Å². The Balaban J connectivity index is 2.25. The van der Waals surface area contributed by atoms with Crippen LogP contribution in [0.2, 0.25) is 0 Å². The number of hydrogen-bond donors (Lipinski definition) is 0. The molecule has 90 valence electrons. The molecule has 0 saturated carbocycles. The lowest BCUT2D eigenvalue weighted by Crippen LogP contribution is -2.19. The maximum atomic E-state index is 13.1. The second-order valence-electron chi connectivity index (χ2n) is 3.80. The van der Waals surface area contributed by atoms with Gasteiger partial charge in [0.15, 0.2) is 0 Å². The second kappa shape index (κ2) is 5.23. The van der Waals surface area contributed by atoms with Gasteiger partial charge in [0.1, 0.15) is 12.4 Å². The van der Waals surface area contributed by atoms with Gasteiger partial charge in [0.2, 0.25) is 5.95 Å². The quantitative estimate of drug-likeness (QED) is 0.774. The molecule has 0 saturated heterocycles. The molecule has 0 amide bonds. The summed E-state index contributed by atoms with van der Waals surface area (Å²) < 4.78 is 13.1. The van der Waals surface area contributed by atoms with E-state index >= 15 is 0 Å². The van der Waals surface area contributed by atoms with E-state index in [1.54, 1.807) is 36.5 Å². The normalized spacial score (nSPS) is 9.83. The van der Waals surface area contributed by atoms with Gasteiger partial charge in [0, 0.05) is 25.0 Å². The molecular weight excluding hydrogens is 231 g/mol. The zero-order valence-electron chi connectivity index (χ0n) is 9.84. The monoisotopic (exact) mass is 242 g/mol. The van der Waals surface area contributed by atoms with E-state index in [1.807, 2.05) is 6.07 Å². The van der Waals surface area contributed by atoms with Gasteiger partial charge in [-0.3, -0.25) is 0 Å². The largest absolute Gasteiger partial charge is 0.331 e. The number of rotatable bonds is 3. The van der Waals surface area contributed by atoms with Crippen molar-refractivity contribution in [3.05, 3.63) is 42.5 Å². The molecule has 0 bridgehead atoms. The fraction of sp³-hybridized carbons (Fsp3) is 0.154. The zero-order chi connectivity index (χ0) is 13.0. The molecule has 0 atom stereocenters. The smallest absolute Gasteiger partial charge is 0.225 e. The average Bonchev–Trinajstić information content (AvgIpc) is 2.39. The van der Waals surface area contributed by atoms with Crippen molar-refractivity contribution in [2.75, 3.05) is 18.5 Å². The summed E-state index contributed by atoms with van der Waals surface area (Å²) in [6, 6.07) is 8.26. The van der Waals surface area contributed by atoms with Gasteiger partial charge >= 0.3 is 0 Å². The van der Waals surface area contributed by atoms with Crippen molar-refractivity contribution in [3.8, 4) is 17.2 Å². The first-order valence-corrected chi connectivity index (χ1v) is 5.37. The molecule has 1 aromatic carbocycles. The predicted octanol–water partition coefficient (Wildman–Crippen LogP) is 2.24. The molecule has 2 rings (SSSR count). The fourth-order valence-electron chi connectivity index (χ4n) is 1.51. The van der Waals surface area contributed by atoms with Gasteiger partial charge in [-0.1, -0.05) is 12.1 Å². The third-order valence-corrected chi connectivity index (χ3v) is 2.45. The lowest BCUT2D eigenvalue weighted by Gasteiger charge is -2.12. The van der Waals surface area contributed by atoms with Gasteiger partial charge in [-0.15, -0.1) is 0 Å². The van der Waals surface area contributed by atoms with Crippen LogP contribution in [0.15, 0.2) is 36.7 Å². The van der Waals surface area contributed by atoms with Gasteiger partial charge in [-0.2, -0.15) is 5.26 Å². The first-order chi connectivity index (χ1) is 8.70. The summed E-state index contributed by atoms with van der Waals surface area (Å²) in [7, 11) is 1.74. The number of anilines is 1. The minimum atomic E-state index is -0.293. The van der Waals surface area contributed by atoms with Crippen LogP contribution in [0.1, 0.15) is 0 Å². The molecule has 5 heteroatoms. The molecule has 4 nitrogen and oxygen atoms in total. The van der Waals surface area contributed by atoms with Crippen LogP contribution in [0.25, 0.3) is 11.1 Å². The summed E-state index contributed by atoms with van der Waals surface area (Å²) >= 11 is 0. The summed E-state index contributed by atoms with van der Waals surface area (Å²) in [6.07, 6.45) is 3.23. The van der Waals surface area contributed by atoms with Crippen LogP contribution in [-0.2, 0) is 0 Å². The van der Waals surface area contributed by atoms with E-state index in [4.69, 9.17) is 5.26 Å². The fourth-order valence-corrected chi connectivity index (χ4v) is 1.51. The van der Waals surface area contributed by atoms with Crippen molar-refractivity contribution < 1.29 is 4.39 Å². The van der Waals surface area contributed by atoms with Gasteiger partial charge in [-0.25, -0.2) is 14.4 Å². The first-order valence-electron chi connectivity index (χ1n) is 5.37. The van der Waals surface area contributed by atoms with Crippen molar-refractivity contribution in [2.24, 2.45) is 0 Å². The van der Waals surface area contributed by atoms with E-state index in [-0.39, 0.29) is 12.4 Å². The summed E-state index contributed by atoms with van der Waals surface area (Å²) in [6.45, 7) is 0.222. The second-order valence-corrected chi connectivity index (χ2v) is 3.80. The number of nitrogens with zero attached hydrogens (tertiary/aromatic N) is 4. The summed E-state index contributed by atoms with van der Waals surface area (Å²) in [5.74, 6) is 0.176. The Morgan fingerprint density at radius 2 is 2.00 bits per heavy atom. The highest BCUT2D eigenvalue weighted by Gasteiger charge is 2.05. The molecule has 18 heavy (non-hydrogen) atoms. The molecule has 0 aliphatic heterocycles. The SMILES string of the molecule is CN(CC#N)c1ncc(-c2cccc(F)c2)cn1. The number of hydrogen-bond acceptors (Lipinski definition) is 4. The highest BCUT2D eigenvalue weighted by Crippen LogP contribution is 2.19. The maximum Gasteiger partial charge on any atom is 0.225 e.